The molecular formula is C19H25N3O4. The standard InChI is InChI=1S/C19H25N3O4/c1-6-22(7-2)17(23)12-8-9-13-15(26-10-25-13)14(12)16-20-18(24)19(5,21-16)11(3)4/h8-9,11H,6-7,10H2,1-5H3,(H,20,21,24). The van der Waals surface area contributed by atoms with Crippen molar-refractivity contribution < 1.29 is 19.1 Å². The van der Waals surface area contributed by atoms with E-state index in [0.29, 0.717) is 41.6 Å². The van der Waals surface area contributed by atoms with E-state index in [0.717, 1.165) is 0 Å². The average molecular weight is 359 g/mol. The first kappa shape index (κ1) is 18.2. The van der Waals surface area contributed by atoms with Crippen LogP contribution in [0.25, 0.3) is 0 Å². The van der Waals surface area contributed by atoms with Crippen LogP contribution in [0.3, 0.4) is 0 Å². The van der Waals surface area contributed by atoms with Crippen LogP contribution < -0.4 is 14.8 Å². The number of nitrogens with zero attached hydrogens (tertiary/aromatic N) is 2. The number of benzene rings is 1. The highest BCUT2D eigenvalue weighted by Gasteiger charge is 2.44. The van der Waals surface area contributed by atoms with E-state index in [1.54, 1.807) is 24.0 Å². The molecular weight excluding hydrogens is 334 g/mol. The molecule has 0 fully saturated rings. The summed E-state index contributed by atoms with van der Waals surface area (Å²) in [6.45, 7) is 10.8. The lowest BCUT2D eigenvalue weighted by atomic mass is 9.89. The quantitative estimate of drug-likeness (QED) is 0.874. The number of aliphatic imine (C=N–C) groups is 1. The molecule has 0 spiro atoms. The van der Waals surface area contributed by atoms with Crippen LogP contribution in [0.2, 0.25) is 0 Å². The maximum atomic E-state index is 13.0. The second-order valence-electron chi connectivity index (χ2n) is 6.92. The summed E-state index contributed by atoms with van der Waals surface area (Å²) in [5, 5.41) is 2.85. The number of amidine groups is 1. The second kappa shape index (κ2) is 6.63. The fourth-order valence-corrected chi connectivity index (χ4v) is 3.12. The highest BCUT2D eigenvalue weighted by atomic mass is 16.7. The molecule has 2 heterocycles. The topological polar surface area (TPSA) is 80.2 Å². The van der Waals surface area contributed by atoms with Crippen molar-refractivity contribution in [2.24, 2.45) is 10.9 Å². The fraction of sp³-hybridized carbons (Fsp3) is 0.526. The van der Waals surface area contributed by atoms with Gasteiger partial charge in [0.2, 0.25) is 6.79 Å². The summed E-state index contributed by atoms with van der Waals surface area (Å²) in [7, 11) is 0. The van der Waals surface area contributed by atoms with E-state index in [1.807, 2.05) is 27.7 Å². The van der Waals surface area contributed by atoms with Crippen LogP contribution in [0.5, 0.6) is 11.5 Å². The molecule has 140 valence electrons. The molecule has 0 saturated carbocycles. The van der Waals surface area contributed by atoms with Crippen molar-refractivity contribution in [2.45, 2.75) is 40.2 Å². The van der Waals surface area contributed by atoms with Gasteiger partial charge in [0.05, 0.1) is 11.1 Å². The zero-order valence-electron chi connectivity index (χ0n) is 15.9. The molecule has 1 unspecified atom stereocenters. The molecule has 2 aliphatic heterocycles. The molecule has 0 saturated heterocycles. The first-order valence-electron chi connectivity index (χ1n) is 8.97. The molecule has 2 amide bonds. The summed E-state index contributed by atoms with van der Waals surface area (Å²) < 4.78 is 11.1. The van der Waals surface area contributed by atoms with Crippen LogP contribution in [0.1, 0.15) is 50.5 Å². The highest BCUT2D eigenvalue weighted by molar-refractivity contribution is 6.20. The molecule has 0 radical (unpaired) electrons. The van der Waals surface area contributed by atoms with E-state index >= 15 is 0 Å². The summed E-state index contributed by atoms with van der Waals surface area (Å²) in [4.78, 5) is 32.0. The number of fused-ring (bicyclic) bond motifs is 1. The lowest BCUT2D eigenvalue weighted by Crippen LogP contribution is -2.41. The predicted octanol–water partition coefficient (Wildman–Crippen LogP) is 2.19. The van der Waals surface area contributed by atoms with Gasteiger partial charge in [0, 0.05) is 13.1 Å². The Morgan fingerprint density at radius 3 is 2.58 bits per heavy atom. The maximum Gasteiger partial charge on any atom is 0.254 e. The van der Waals surface area contributed by atoms with Crippen molar-refractivity contribution in [3.05, 3.63) is 23.3 Å². The van der Waals surface area contributed by atoms with E-state index in [4.69, 9.17) is 9.47 Å². The Labute approximate surface area is 153 Å². The molecule has 1 atom stereocenters. The second-order valence-corrected chi connectivity index (χ2v) is 6.92. The van der Waals surface area contributed by atoms with E-state index in [9.17, 15) is 9.59 Å². The Bertz CT molecular complexity index is 783. The van der Waals surface area contributed by atoms with Gasteiger partial charge in [0.15, 0.2) is 11.5 Å². The number of ether oxygens (including phenoxy) is 2. The van der Waals surface area contributed by atoms with Crippen molar-refractivity contribution in [3.63, 3.8) is 0 Å². The van der Waals surface area contributed by atoms with E-state index in [1.165, 1.54) is 0 Å². The third kappa shape index (κ3) is 2.71. The number of rotatable bonds is 5. The predicted molar refractivity (Wildman–Crippen MR) is 97.7 cm³/mol. The van der Waals surface area contributed by atoms with Gasteiger partial charge < -0.3 is 19.7 Å². The third-order valence-electron chi connectivity index (χ3n) is 5.22. The van der Waals surface area contributed by atoms with Gasteiger partial charge in [-0.25, -0.2) is 0 Å². The Balaban J connectivity index is 2.16. The van der Waals surface area contributed by atoms with E-state index in [-0.39, 0.29) is 24.5 Å². The van der Waals surface area contributed by atoms with E-state index < -0.39 is 5.54 Å². The molecule has 1 aromatic rings. The summed E-state index contributed by atoms with van der Waals surface area (Å²) in [5.74, 6) is 1.07. The number of hydrogen-bond donors (Lipinski definition) is 1. The zero-order valence-corrected chi connectivity index (χ0v) is 15.9. The van der Waals surface area contributed by atoms with Crippen LogP contribution in [0, 0.1) is 5.92 Å². The first-order chi connectivity index (χ1) is 12.3. The molecule has 7 nitrogen and oxygen atoms in total. The first-order valence-corrected chi connectivity index (χ1v) is 8.97. The van der Waals surface area contributed by atoms with Crippen molar-refractivity contribution in [1.82, 2.24) is 10.2 Å². The summed E-state index contributed by atoms with van der Waals surface area (Å²) in [6.07, 6.45) is 0. The van der Waals surface area contributed by atoms with Crippen LogP contribution in [-0.4, -0.2) is 48.0 Å². The molecule has 3 rings (SSSR count). The lowest BCUT2D eigenvalue weighted by molar-refractivity contribution is -0.124. The lowest BCUT2D eigenvalue weighted by Gasteiger charge is -2.21. The minimum Gasteiger partial charge on any atom is -0.454 e. The van der Waals surface area contributed by atoms with Gasteiger partial charge >= 0.3 is 0 Å². The van der Waals surface area contributed by atoms with Crippen molar-refractivity contribution >= 4 is 17.6 Å². The Hall–Kier alpha value is -2.57. The Morgan fingerprint density at radius 1 is 1.31 bits per heavy atom. The van der Waals surface area contributed by atoms with Crippen molar-refractivity contribution in [3.8, 4) is 11.5 Å². The molecule has 0 aliphatic carbocycles. The van der Waals surface area contributed by atoms with Gasteiger partial charge in [0.1, 0.15) is 11.4 Å². The summed E-state index contributed by atoms with van der Waals surface area (Å²) in [5.41, 5.74) is 0.0622. The van der Waals surface area contributed by atoms with Crippen molar-refractivity contribution in [1.29, 1.82) is 0 Å². The highest BCUT2D eigenvalue weighted by Crippen LogP contribution is 2.40. The number of carbonyl (C=O) groups is 2. The molecule has 2 aliphatic rings. The van der Waals surface area contributed by atoms with E-state index in [2.05, 4.69) is 10.3 Å². The number of hydrogen-bond acceptors (Lipinski definition) is 5. The zero-order chi connectivity index (χ0) is 19.1. The van der Waals surface area contributed by atoms with Gasteiger partial charge in [-0.05, 0) is 38.8 Å². The normalized spacial score (nSPS) is 21.0. The SMILES string of the molecule is CCN(CC)C(=O)c1ccc2c(c1C1=NC(C)(C(C)C)C(=O)N1)OCO2. The third-order valence-corrected chi connectivity index (χ3v) is 5.22. The molecule has 26 heavy (non-hydrogen) atoms. The van der Waals surface area contributed by atoms with Gasteiger partial charge in [-0.2, -0.15) is 0 Å². The maximum absolute atomic E-state index is 13.0. The monoisotopic (exact) mass is 359 g/mol. The molecule has 7 heteroatoms. The van der Waals surface area contributed by atoms with Gasteiger partial charge in [-0.3, -0.25) is 14.6 Å². The number of amides is 2. The van der Waals surface area contributed by atoms with Crippen molar-refractivity contribution in [2.75, 3.05) is 19.9 Å². The minimum absolute atomic E-state index is 0.0101. The number of nitrogens with one attached hydrogen (secondary N) is 1. The fourth-order valence-electron chi connectivity index (χ4n) is 3.12. The van der Waals surface area contributed by atoms with Gasteiger partial charge in [-0.1, -0.05) is 13.8 Å². The van der Waals surface area contributed by atoms with Crippen LogP contribution in [-0.2, 0) is 4.79 Å². The van der Waals surface area contributed by atoms with Gasteiger partial charge in [-0.15, -0.1) is 0 Å². The molecule has 0 aromatic heterocycles. The van der Waals surface area contributed by atoms with Crippen LogP contribution in [0.15, 0.2) is 17.1 Å². The minimum atomic E-state index is -0.882. The van der Waals surface area contributed by atoms with Crippen LogP contribution in [0.4, 0.5) is 0 Å². The van der Waals surface area contributed by atoms with Crippen LogP contribution >= 0.6 is 0 Å². The van der Waals surface area contributed by atoms with Gasteiger partial charge in [0.25, 0.3) is 11.8 Å². The Morgan fingerprint density at radius 2 is 2.00 bits per heavy atom. The smallest absolute Gasteiger partial charge is 0.254 e. The number of carbonyl (C=O) groups excluding carboxylic acids is 2. The molecule has 0 bridgehead atoms. The average Bonchev–Trinajstić information content (AvgIpc) is 3.20. The molecule has 1 N–H and O–H groups in total. The summed E-state index contributed by atoms with van der Waals surface area (Å²) in [6, 6.07) is 3.44. The Kier molecular flexibility index (Phi) is 4.64. The summed E-state index contributed by atoms with van der Waals surface area (Å²) >= 11 is 0. The molecule has 1 aromatic carbocycles. The largest absolute Gasteiger partial charge is 0.454 e.